The van der Waals surface area contributed by atoms with Gasteiger partial charge in [-0.2, -0.15) is 0 Å². The summed E-state index contributed by atoms with van der Waals surface area (Å²) in [6.07, 6.45) is 7.60. The van der Waals surface area contributed by atoms with E-state index >= 15 is 0 Å². The van der Waals surface area contributed by atoms with E-state index < -0.39 is 22.8 Å². The lowest BCUT2D eigenvalue weighted by molar-refractivity contribution is -0.232. The summed E-state index contributed by atoms with van der Waals surface area (Å²) in [6.45, 7) is 19.9. The number of ketones is 1. The van der Waals surface area contributed by atoms with Gasteiger partial charge in [0.1, 0.15) is 11.9 Å². The molecule has 4 fully saturated rings. The summed E-state index contributed by atoms with van der Waals surface area (Å²) in [4.78, 5) is 53.0. The maximum Gasteiger partial charge on any atom is 0.309 e. The van der Waals surface area contributed by atoms with Crippen molar-refractivity contribution in [2.75, 3.05) is 0 Å². The number of aromatic nitrogens is 2. The lowest BCUT2D eigenvalue weighted by Crippen LogP contribution is -2.66. The third-order valence-corrected chi connectivity index (χ3v) is 16.8. The number of carboxylic acids is 1. The second kappa shape index (κ2) is 13.0. The lowest BCUT2D eigenvalue weighted by Gasteiger charge is -2.72. The molecular formula is C46H63FN2O6. The Morgan fingerprint density at radius 1 is 0.927 bits per heavy atom. The van der Waals surface area contributed by atoms with Gasteiger partial charge in [0, 0.05) is 30.4 Å². The molecule has 0 radical (unpaired) electrons. The first-order valence-corrected chi connectivity index (χ1v) is 20.8. The van der Waals surface area contributed by atoms with Crippen LogP contribution in [0.2, 0.25) is 0 Å². The number of allylic oxidation sites excluding steroid dienone is 2. The van der Waals surface area contributed by atoms with E-state index in [2.05, 4.69) is 48.5 Å². The Labute approximate surface area is 326 Å². The normalized spacial score (nSPS) is 35.5. The fourth-order valence-electron chi connectivity index (χ4n) is 13.7. The van der Waals surface area contributed by atoms with Crippen molar-refractivity contribution in [3.8, 4) is 0 Å². The van der Waals surface area contributed by atoms with E-state index in [1.807, 2.05) is 11.7 Å². The molecule has 0 amide bonds. The number of Topliss-reactive ketones (excluding diaryl/α,β-unsaturated/α-hetero) is 1. The Hall–Kier alpha value is -3.49. The molecule has 1 heterocycles. The summed E-state index contributed by atoms with van der Waals surface area (Å²) in [7, 11) is 1.95. The summed E-state index contributed by atoms with van der Waals surface area (Å²) >= 11 is 0. The first kappa shape index (κ1) is 39.7. The van der Waals surface area contributed by atoms with Gasteiger partial charge in [-0.3, -0.25) is 23.9 Å². The number of fused-ring (bicyclic) bond motifs is 7. The predicted molar refractivity (Wildman–Crippen MR) is 210 cm³/mol. The van der Waals surface area contributed by atoms with Gasteiger partial charge in [-0.05, 0) is 134 Å². The zero-order valence-corrected chi connectivity index (χ0v) is 34.8. The molecule has 0 saturated heterocycles. The molecule has 5 aliphatic rings. The van der Waals surface area contributed by atoms with E-state index in [4.69, 9.17) is 4.74 Å². The fraction of sp³-hybridized carbons (Fsp3) is 0.696. The zero-order chi connectivity index (χ0) is 40.3. The van der Waals surface area contributed by atoms with Crippen molar-refractivity contribution < 1.29 is 28.6 Å². The molecule has 1 N–H and O–H groups in total. The molecule has 1 aromatic carbocycles. The van der Waals surface area contributed by atoms with E-state index in [-0.39, 0.29) is 63.2 Å². The number of hydrogen-bond acceptors (Lipinski definition) is 5. The molecule has 7 rings (SSSR count). The van der Waals surface area contributed by atoms with Crippen LogP contribution >= 0.6 is 0 Å². The van der Waals surface area contributed by atoms with Gasteiger partial charge in [0.25, 0.3) is 5.56 Å². The topological polar surface area (TPSA) is 108 Å². The van der Waals surface area contributed by atoms with E-state index in [0.29, 0.717) is 24.8 Å². The smallest absolute Gasteiger partial charge is 0.309 e. The second-order valence-electron chi connectivity index (χ2n) is 20.6. The molecule has 0 unspecified atom stereocenters. The number of aliphatic carboxylic acids is 1. The van der Waals surface area contributed by atoms with Gasteiger partial charge < -0.3 is 9.84 Å². The zero-order valence-electron chi connectivity index (χ0n) is 34.8. The van der Waals surface area contributed by atoms with Crippen LogP contribution < -0.4 is 5.56 Å². The Morgan fingerprint density at radius 3 is 2.24 bits per heavy atom. The maximum atomic E-state index is 14.3. The molecule has 0 bridgehead atoms. The van der Waals surface area contributed by atoms with E-state index in [1.165, 1.54) is 17.7 Å². The van der Waals surface area contributed by atoms with Gasteiger partial charge in [0.05, 0.1) is 24.1 Å². The third-order valence-electron chi connectivity index (χ3n) is 16.8. The third kappa shape index (κ3) is 5.77. The van der Waals surface area contributed by atoms with Crippen LogP contribution in [0.4, 0.5) is 4.39 Å². The molecule has 0 aliphatic heterocycles. The monoisotopic (exact) mass is 758 g/mol. The standard InChI is InChI=1S/C46H63FN2O6/c1-27(2)38-31(50)24-46(34-23-36(51)49(48(34)10)26-28-11-13-29(47)14-12-28)22-21-44(8)30(39(38)46)15-16-33-43(7)19-18-35(55-37(52)25-41(3,4)40(53)54)42(5,6)32(43)17-20-45(33,44)9/h11-14,23,27,30,32-33,35H,15-22,24-26H2,1-10H3,(H,53,54)/t30-,32+,33-,35+,43+,44-,45-,46+/m1/s1. The number of carbonyl (C=O) groups excluding carboxylic acids is 2. The highest BCUT2D eigenvalue weighted by Crippen LogP contribution is 2.76. The molecule has 300 valence electrons. The summed E-state index contributed by atoms with van der Waals surface area (Å²) in [5.41, 5.74) is 1.94. The minimum atomic E-state index is -1.18. The number of ether oxygens (including phenoxy) is 1. The van der Waals surface area contributed by atoms with Crippen LogP contribution in [0.1, 0.15) is 138 Å². The number of hydrogen-bond donors (Lipinski definition) is 1. The molecule has 0 spiro atoms. The average molecular weight is 759 g/mol. The number of nitrogens with zero attached hydrogens (tertiary/aromatic N) is 2. The highest BCUT2D eigenvalue weighted by Gasteiger charge is 2.70. The molecule has 9 heteroatoms. The second-order valence-corrected chi connectivity index (χ2v) is 20.6. The van der Waals surface area contributed by atoms with Crippen LogP contribution in [-0.4, -0.2) is 38.3 Å². The van der Waals surface area contributed by atoms with E-state index in [0.717, 1.165) is 68.2 Å². The van der Waals surface area contributed by atoms with Crippen LogP contribution in [0, 0.1) is 56.6 Å². The SMILES string of the molecule is CC(C)C1=C2[C@H]3CC[C@@H]4[C@@]5(C)CC[C@H](OC(=O)CC(C)(C)C(=O)O)C(C)(C)[C@@H]5CC[C@@]4(C)[C@]3(C)CC[C@@]2(c2cc(=O)n(Cc3ccc(F)cc3)n2C)CC1=O. The van der Waals surface area contributed by atoms with Crippen molar-refractivity contribution in [2.24, 2.45) is 57.8 Å². The van der Waals surface area contributed by atoms with Crippen molar-refractivity contribution in [1.29, 1.82) is 0 Å². The van der Waals surface area contributed by atoms with Crippen LogP contribution in [0.25, 0.3) is 0 Å². The Bertz CT molecular complexity index is 2000. The van der Waals surface area contributed by atoms with Gasteiger partial charge in [-0.15, -0.1) is 0 Å². The minimum absolute atomic E-state index is 0.0134. The van der Waals surface area contributed by atoms with Gasteiger partial charge in [0.2, 0.25) is 0 Å². The molecular weight excluding hydrogens is 696 g/mol. The van der Waals surface area contributed by atoms with Crippen LogP contribution in [0.3, 0.4) is 0 Å². The van der Waals surface area contributed by atoms with Crippen molar-refractivity contribution in [1.82, 2.24) is 9.36 Å². The Morgan fingerprint density at radius 2 is 1.60 bits per heavy atom. The van der Waals surface area contributed by atoms with Crippen molar-refractivity contribution in [2.45, 2.75) is 145 Å². The molecule has 5 aliphatic carbocycles. The van der Waals surface area contributed by atoms with Gasteiger partial charge in [-0.25, -0.2) is 9.07 Å². The highest BCUT2D eigenvalue weighted by atomic mass is 19.1. The number of esters is 1. The largest absolute Gasteiger partial charge is 0.481 e. The van der Waals surface area contributed by atoms with Crippen molar-refractivity contribution >= 4 is 17.7 Å². The lowest BCUT2D eigenvalue weighted by atomic mass is 9.33. The molecule has 2 aromatic rings. The van der Waals surface area contributed by atoms with Crippen molar-refractivity contribution in [3.05, 3.63) is 68.9 Å². The summed E-state index contributed by atoms with van der Waals surface area (Å²) in [5.74, 6) is -0.444. The molecule has 8 atom stereocenters. The van der Waals surface area contributed by atoms with Crippen molar-refractivity contribution in [3.63, 3.8) is 0 Å². The van der Waals surface area contributed by atoms with Gasteiger partial charge in [0.15, 0.2) is 5.78 Å². The summed E-state index contributed by atoms with van der Waals surface area (Å²) in [5, 5.41) is 9.63. The maximum absolute atomic E-state index is 14.3. The molecule has 55 heavy (non-hydrogen) atoms. The molecule has 1 aromatic heterocycles. The fourth-order valence-corrected chi connectivity index (χ4v) is 13.7. The Kier molecular flexibility index (Phi) is 9.41. The number of benzene rings is 1. The van der Waals surface area contributed by atoms with Crippen LogP contribution in [0.15, 0.2) is 46.3 Å². The summed E-state index contributed by atoms with van der Waals surface area (Å²) < 4.78 is 23.6. The van der Waals surface area contributed by atoms with E-state index in [9.17, 15) is 28.7 Å². The van der Waals surface area contributed by atoms with Gasteiger partial charge >= 0.3 is 11.9 Å². The molecule has 4 saturated carbocycles. The highest BCUT2D eigenvalue weighted by molar-refractivity contribution is 6.01. The number of carbonyl (C=O) groups is 3. The quantitative estimate of drug-likeness (QED) is 0.270. The molecule has 8 nitrogen and oxygen atoms in total. The number of carboxylic acid groups (broad SMARTS) is 1. The number of halogens is 1. The number of rotatable bonds is 8. The minimum Gasteiger partial charge on any atom is -0.481 e. The van der Waals surface area contributed by atoms with Gasteiger partial charge in [-0.1, -0.05) is 60.6 Å². The summed E-state index contributed by atoms with van der Waals surface area (Å²) in [6, 6.07) is 8.07. The average Bonchev–Trinajstić information content (AvgIpc) is 3.55. The first-order chi connectivity index (χ1) is 25.5. The van der Waals surface area contributed by atoms with Crippen LogP contribution in [-0.2, 0) is 38.1 Å². The van der Waals surface area contributed by atoms with E-state index in [1.54, 1.807) is 36.7 Å². The Balaban J connectivity index is 1.22. The first-order valence-electron chi connectivity index (χ1n) is 20.8. The predicted octanol–water partition coefficient (Wildman–Crippen LogP) is 9.02. The van der Waals surface area contributed by atoms with Crippen LogP contribution in [0.5, 0.6) is 0 Å².